The number of nitrogens with one attached hydrogen (secondary N) is 1. The number of ether oxygens (including phenoxy) is 1. The van der Waals surface area contributed by atoms with Gasteiger partial charge < -0.3 is 14.6 Å². The molecule has 0 saturated heterocycles. The lowest BCUT2D eigenvalue weighted by Gasteiger charge is -2.10. The van der Waals surface area contributed by atoms with Gasteiger partial charge in [-0.2, -0.15) is 0 Å². The lowest BCUT2D eigenvalue weighted by molar-refractivity contribution is 0.415. The average molecular weight is 471 g/mol. The number of hydrogen-bond donors (Lipinski definition) is 1. The number of methoxy groups -OCH3 is 1. The first-order chi connectivity index (χ1) is 17.3. The van der Waals surface area contributed by atoms with Crippen molar-refractivity contribution in [3.63, 3.8) is 0 Å². The zero-order chi connectivity index (χ0) is 23.4. The molecule has 3 nitrogen and oxygen atoms in total. The number of aromatic nitrogens is 1. The summed E-state index contributed by atoms with van der Waals surface area (Å²) in [6, 6.07) is 38.6. The Morgan fingerprint density at radius 2 is 1.49 bits per heavy atom. The maximum atomic E-state index is 5.61. The predicted molar refractivity (Wildman–Crippen MR) is 150 cm³/mol. The third kappa shape index (κ3) is 3.18. The maximum absolute atomic E-state index is 5.61. The van der Waals surface area contributed by atoms with Gasteiger partial charge in [-0.1, -0.05) is 42.5 Å². The SMILES string of the molecule is COc1ccc2c(c1)c1c(Nc3ccccc3)cccc1n2-c1ccc2sc3ccccc3c2c1. The van der Waals surface area contributed by atoms with Gasteiger partial charge in [0.2, 0.25) is 0 Å². The van der Waals surface area contributed by atoms with Gasteiger partial charge in [0.05, 0.1) is 18.1 Å². The van der Waals surface area contributed by atoms with Gasteiger partial charge in [-0.05, 0) is 66.7 Å². The summed E-state index contributed by atoms with van der Waals surface area (Å²) in [4.78, 5) is 0. The van der Waals surface area contributed by atoms with Crippen molar-refractivity contribution in [2.75, 3.05) is 12.4 Å². The van der Waals surface area contributed by atoms with E-state index in [1.165, 1.54) is 25.6 Å². The van der Waals surface area contributed by atoms with Crippen molar-refractivity contribution in [3.8, 4) is 11.4 Å². The van der Waals surface area contributed by atoms with Crippen LogP contribution in [0.25, 0.3) is 47.7 Å². The molecule has 2 aromatic heterocycles. The summed E-state index contributed by atoms with van der Waals surface area (Å²) in [5.41, 5.74) is 5.61. The Morgan fingerprint density at radius 1 is 0.657 bits per heavy atom. The third-order valence-corrected chi connectivity index (χ3v) is 7.82. The van der Waals surface area contributed by atoms with Gasteiger partial charge in [0.15, 0.2) is 0 Å². The smallest absolute Gasteiger partial charge is 0.119 e. The molecule has 0 radical (unpaired) electrons. The van der Waals surface area contributed by atoms with Gasteiger partial charge in [-0.15, -0.1) is 11.3 Å². The molecule has 0 aliphatic carbocycles. The van der Waals surface area contributed by atoms with Crippen molar-refractivity contribution in [2.45, 2.75) is 0 Å². The molecule has 0 amide bonds. The van der Waals surface area contributed by atoms with E-state index in [0.717, 1.165) is 39.2 Å². The molecule has 0 spiro atoms. The van der Waals surface area contributed by atoms with Crippen LogP contribution >= 0.6 is 11.3 Å². The van der Waals surface area contributed by atoms with Crippen LogP contribution in [-0.4, -0.2) is 11.7 Å². The molecule has 0 aliphatic heterocycles. The molecular weight excluding hydrogens is 448 g/mol. The van der Waals surface area contributed by atoms with E-state index in [-0.39, 0.29) is 0 Å². The van der Waals surface area contributed by atoms with Gasteiger partial charge in [0.1, 0.15) is 5.75 Å². The highest BCUT2D eigenvalue weighted by Gasteiger charge is 2.17. The van der Waals surface area contributed by atoms with Crippen molar-refractivity contribution < 1.29 is 4.74 Å². The number of thiophene rings is 1. The fourth-order valence-corrected chi connectivity index (χ4v) is 6.18. The monoisotopic (exact) mass is 470 g/mol. The minimum absolute atomic E-state index is 0.852. The molecule has 0 saturated carbocycles. The van der Waals surface area contributed by atoms with Crippen molar-refractivity contribution in [2.24, 2.45) is 0 Å². The lowest BCUT2D eigenvalue weighted by Crippen LogP contribution is -1.94. The molecule has 7 aromatic rings. The first-order valence-corrected chi connectivity index (χ1v) is 12.5. The molecule has 35 heavy (non-hydrogen) atoms. The van der Waals surface area contributed by atoms with Crippen LogP contribution in [0.2, 0.25) is 0 Å². The van der Waals surface area contributed by atoms with Crippen LogP contribution in [0.5, 0.6) is 5.75 Å². The summed E-state index contributed by atoms with van der Waals surface area (Å²) in [5.74, 6) is 0.852. The second-order valence-electron chi connectivity index (χ2n) is 8.69. The highest BCUT2D eigenvalue weighted by Crippen LogP contribution is 2.41. The Morgan fingerprint density at radius 3 is 2.37 bits per heavy atom. The molecule has 4 heteroatoms. The molecule has 168 valence electrons. The summed E-state index contributed by atoms with van der Waals surface area (Å²) in [7, 11) is 1.72. The predicted octanol–water partition coefficient (Wildman–Crippen LogP) is 8.90. The molecule has 5 aromatic carbocycles. The largest absolute Gasteiger partial charge is 0.497 e. The van der Waals surface area contributed by atoms with Crippen LogP contribution in [0.15, 0.2) is 109 Å². The Bertz CT molecular complexity index is 1860. The number of hydrogen-bond acceptors (Lipinski definition) is 3. The van der Waals surface area contributed by atoms with E-state index in [4.69, 9.17) is 4.74 Å². The van der Waals surface area contributed by atoms with E-state index in [9.17, 15) is 0 Å². The first-order valence-electron chi connectivity index (χ1n) is 11.6. The summed E-state index contributed by atoms with van der Waals surface area (Å²) >= 11 is 1.85. The molecular formula is C31H22N2OS. The maximum Gasteiger partial charge on any atom is 0.119 e. The van der Waals surface area contributed by atoms with E-state index < -0.39 is 0 Å². The number of anilines is 2. The highest BCUT2D eigenvalue weighted by atomic mass is 32.1. The number of para-hydroxylation sites is 1. The summed E-state index contributed by atoms with van der Waals surface area (Å²) in [6.07, 6.45) is 0. The summed E-state index contributed by atoms with van der Waals surface area (Å²) in [5, 5.41) is 8.59. The normalized spacial score (nSPS) is 11.6. The Labute approximate surface area is 206 Å². The Hall–Kier alpha value is -4.28. The van der Waals surface area contributed by atoms with Gasteiger partial charge in [0.25, 0.3) is 0 Å². The summed E-state index contributed by atoms with van der Waals surface area (Å²) < 4.78 is 10.6. The molecule has 0 aliphatic rings. The first kappa shape index (κ1) is 20.1. The molecule has 1 N–H and O–H groups in total. The number of benzene rings is 5. The zero-order valence-corrected chi connectivity index (χ0v) is 20.0. The fraction of sp³-hybridized carbons (Fsp3) is 0.0323. The van der Waals surface area contributed by atoms with E-state index in [1.807, 2.05) is 23.5 Å². The molecule has 0 bridgehead atoms. The van der Waals surface area contributed by atoms with Gasteiger partial charge >= 0.3 is 0 Å². The van der Waals surface area contributed by atoms with Gasteiger partial charge in [0, 0.05) is 48.0 Å². The molecule has 0 atom stereocenters. The van der Waals surface area contributed by atoms with E-state index in [0.29, 0.717) is 0 Å². The second-order valence-corrected chi connectivity index (χ2v) is 9.77. The molecule has 7 rings (SSSR count). The Balaban J connectivity index is 1.53. The van der Waals surface area contributed by atoms with Crippen molar-refractivity contribution in [1.82, 2.24) is 4.57 Å². The van der Waals surface area contributed by atoms with E-state index >= 15 is 0 Å². The van der Waals surface area contributed by atoms with E-state index in [1.54, 1.807) is 7.11 Å². The minimum Gasteiger partial charge on any atom is -0.497 e. The third-order valence-electron chi connectivity index (χ3n) is 6.67. The average Bonchev–Trinajstić information content (AvgIpc) is 3.44. The van der Waals surface area contributed by atoms with Crippen LogP contribution in [0.3, 0.4) is 0 Å². The topological polar surface area (TPSA) is 26.2 Å². The molecule has 2 heterocycles. The van der Waals surface area contributed by atoms with Crippen LogP contribution < -0.4 is 10.1 Å². The number of rotatable bonds is 4. The Kier molecular flexibility index (Phi) is 4.54. The quantitative estimate of drug-likeness (QED) is 0.278. The number of fused-ring (bicyclic) bond motifs is 6. The van der Waals surface area contributed by atoms with Gasteiger partial charge in [-0.3, -0.25) is 0 Å². The molecule has 0 fully saturated rings. The van der Waals surface area contributed by atoms with Crippen molar-refractivity contribution in [1.29, 1.82) is 0 Å². The van der Waals surface area contributed by atoms with Crippen LogP contribution in [0, 0.1) is 0 Å². The lowest BCUT2D eigenvalue weighted by atomic mass is 10.1. The van der Waals surface area contributed by atoms with E-state index in [2.05, 4.69) is 107 Å². The zero-order valence-electron chi connectivity index (χ0n) is 19.2. The van der Waals surface area contributed by atoms with Gasteiger partial charge in [-0.25, -0.2) is 0 Å². The van der Waals surface area contributed by atoms with Crippen LogP contribution in [0.4, 0.5) is 11.4 Å². The fourth-order valence-electron chi connectivity index (χ4n) is 5.09. The van der Waals surface area contributed by atoms with Crippen molar-refractivity contribution >= 4 is 64.7 Å². The standard InChI is InChI=1S/C31H22N2OS/c1-34-22-15-16-27-25(19-22)31-26(32-20-8-3-2-4-9-20)11-7-12-28(31)33(27)21-14-17-30-24(18-21)23-10-5-6-13-29(23)35-30/h2-19,32H,1H3. The second kappa shape index (κ2) is 7.90. The number of nitrogens with zero attached hydrogens (tertiary/aromatic N) is 1. The van der Waals surface area contributed by atoms with Crippen LogP contribution in [0.1, 0.15) is 0 Å². The highest BCUT2D eigenvalue weighted by molar-refractivity contribution is 7.25. The van der Waals surface area contributed by atoms with Crippen molar-refractivity contribution in [3.05, 3.63) is 109 Å². The molecule has 0 unspecified atom stereocenters. The van der Waals surface area contributed by atoms with Crippen LogP contribution in [-0.2, 0) is 0 Å². The minimum atomic E-state index is 0.852. The summed E-state index contributed by atoms with van der Waals surface area (Å²) in [6.45, 7) is 0.